The molecule has 2 aromatic rings. The van der Waals surface area contributed by atoms with Crippen molar-refractivity contribution in [3.63, 3.8) is 0 Å². The maximum absolute atomic E-state index is 12.9. The van der Waals surface area contributed by atoms with Crippen LogP contribution in [0.25, 0.3) is 0 Å². The predicted molar refractivity (Wildman–Crippen MR) is 141 cm³/mol. The third-order valence-electron chi connectivity index (χ3n) is 6.56. The number of benzene rings is 1. The summed E-state index contributed by atoms with van der Waals surface area (Å²) in [5.74, 6) is 0.549. The number of anilines is 2. The summed E-state index contributed by atoms with van der Waals surface area (Å²) in [7, 11) is 0. The van der Waals surface area contributed by atoms with Gasteiger partial charge in [0.1, 0.15) is 24.1 Å². The first-order chi connectivity index (χ1) is 18.1. The molecule has 202 valence electrons. The Morgan fingerprint density at radius 3 is 2.39 bits per heavy atom. The Bertz CT molecular complexity index is 1190. The minimum atomic E-state index is -4.16. The van der Waals surface area contributed by atoms with Gasteiger partial charge in [-0.15, -0.1) is 0 Å². The highest BCUT2D eigenvalue weighted by atomic mass is 32.1. The van der Waals surface area contributed by atoms with Crippen LogP contribution < -0.4 is 14.5 Å². The number of amides is 1. The lowest BCUT2D eigenvalue weighted by Gasteiger charge is -2.34. The van der Waals surface area contributed by atoms with Crippen molar-refractivity contribution in [1.29, 1.82) is 5.26 Å². The number of carbonyl (C=O) groups is 1. The molecule has 0 unspecified atom stereocenters. The van der Waals surface area contributed by atoms with Crippen LogP contribution in [0.15, 0.2) is 36.5 Å². The normalized spacial score (nSPS) is 17.9. The lowest BCUT2D eigenvalue weighted by atomic mass is 10.2. The van der Waals surface area contributed by atoms with Crippen molar-refractivity contribution in [1.82, 2.24) is 14.8 Å². The molecule has 12 heteroatoms. The number of aromatic nitrogens is 1. The lowest BCUT2D eigenvalue weighted by Crippen LogP contribution is -2.49. The molecular weight excluding hydrogens is 517 g/mol. The second kappa shape index (κ2) is 12.1. The van der Waals surface area contributed by atoms with Crippen molar-refractivity contribution in [3.8, 4) is 11.8 Å². The number of pyridine rings is 1. The number of hydrogen-bond acceptors (Lipinski definition) is 7. The minimum absolute atomic E-state index is 0.123. The summed E-state index contributed by atoms with van der Waals surface area (Å²) in [6, 6.07) is 11.2. The van der Waals surface area contributed by atoms with E-state index in [4.69, 9.17) is 22.2 Å². The van der Waals surface area contributed by atoms with Crippen LogP contribution in [-0.2, 0) is 4.79 Å². The second-order valence-corrected chi connectivity index (χ2v) is 9.68. The Balaban J connectivity index is 1.33. The maximum atomic E-state index is 12.9. The van der Waals surface area contributed by atoms with Crippen LogP contribution >= 0.6 is 12.2 Å². The molecule has 0 aliphatic carbocycles. The standard InChI is InChI=1S/C26H29F3N6O2S/c1-19-15-21(17-31-23(19)16-30)35-24(36)3-2-8-34(25(35)38)20-4-6-22(7-5-20)37-14-13-32-9-11-33(12-10-32)18-26(27,28)29/h4-7,15,17H,2-3,8-14,18H2,1H3. The summed E-state index contributed by atoms with van der Waals surface area (Å²) in [5, 5.41) is 9.51. The zero-order valence-electron chi connectivity index (χ0n) is 21.1. The van der Waals surface area contributed by atoms with E-state index in [0.29, 0.717) is 86.5 Å². The lowest BCUT2D eigenvalue weighted by molar-refractivity contribution is -0.149. The molecule has 2 saturated heterocycles. The van der Waals surface area contributed by atoms with Gasteiger partial charge in [0.25, 0.3) is 0 Å². The topological polar surface area (TPSA) is 75.9 Å². The van der Waals surface area contributed by atoms with Crippen LogP contribution in [0.5, 0.6) is 5.75 Å². The van der Waals surface area contributed by atoms with Gasteiger partial charge in [-0.3, -0.25) is 19.5 Å². The molecule has 2 fully saturated rings. The van der Waals surface area contributed by atoms with Crippen molar-refractivity contribution >= 4 is 34.6 Å². The van der Waals surface area contributed by atoms with E-state index in [-0.39, 0.29) is 5.91 Å². The monoisotopic (exact) mass is 546 g/mol. The van der Waals surface area contributed by atoms with E-state index in [1.54, 1.807) is 13.0 Å². The average Bonchev–Trinajstić information content (AvgIpc) is 3.02. The fourth-order valence-corrected chi connectivity index (χ4v) is 4.96. The van der Waals surface area contributed by atoms with Crippen molar-refractivity contribution in [2.24, 2.45) is 0 Å². The Labute approximate surface area is 225 Å². The van der Waals surface area contributed by atoms with Gasteiger partial charge in [0, 0.05) is 51.4 Å². The smallest absolute Gasteiger partial charge is 0.401 e. The summed E-state index contributed by atoms with van der Waals surface area (Å²) >= 11 is 5.73. The van der Waals surface area contributed by atoms with E-state index < -0.39 is 12.7 Å². The van der Waals surface area contributed by atoms with E-state index >= 15 is 0 Å². The van der Waals surface area contributed by atoms with Gasteiger partial charge in [-0.1, -0.05) is 0 Å². The van der Waals surface area contributed by atoms with Crippen molar-refractivity contribution in [3.05, 3.63) is 47.8 Å². The SMILES string of the molecule is Cc1cc(N2C(=O)CCCN(c3ccc(OCCN4CCN(CC(F)(F)F)CC4)cc3)C2=S)cnc1C#N. The number of nitrogens with zero attached hydrogens (tertiary/aromatic N) is 6. The highest BCUT2D eigenvalue weighted by Gasteiger charge is 2.32. The molecule has 2 aliphatic heterocycles. The number of halogens is 3. The number of hydrogen-bond donors (Lipinski definition) is 0. The number of thiocarbonyl (C=S) groups is 1. The van der Waals surface area contributed by atoms with Crippen molar-refractivity contribution < 1.29 is 22.7 Å². The number of aryl methyl sites for hydroxylation is 1. The molecule has 1 aromatic carbocycles. The first kappa shape index (κ1) is 27.8. The zero-order valence-corrected chi connectivity index (χ0v) is 21.9. The first-order valence-corrected chi connectivity index (χ1v) is 12.8. The van der Waals surface area contributed by atoms with E-state index in [1.807, 2.05) is 35.2 Å². The van der Waals surface area contributed by atoms with Crippen LogP contribution in [0.3, 0.4) is 0 Å². The van der Waals surface area contributed by atoms with Gasteiger partial charge in [-0.05, 0) is 61.5 Å². The van der Waals surface area contributed by atoms with Crippen LogP contribution in [0.2, 0.25) is 0 Å². The van der Waals surface area contributed by atoms with Crippen LogP contribution in [-0.4, -0.2) is 84.4 Å². The quantitative estimate of drug-likeness (QED) is 0.487. The summed E-state index contributed by atoms with van der Waals surface area (Å²) in [6.45, 7) is 4.47. The predicted octanol–water partition coefficient (Wildman–Crippen LogP) is 3.74. The van der Waals surface area contributed by atoms with Gasteiger partial charge >= 0.3 is 6.18 Å². The number of ether oxygens (including phenoxy) is 1. The Hall–Kier alpha value is -3.27. The number of rotatable bonds is 7. The molecular formula is C26H29F3N6O2S. The third kappa shape index (κ3) is 6.98. The molecule has 8 nitrogen and oxygen atoms in total. The number of carbonyl (C=O) groups excluding carboxylic acids is 1. The molecule has 3 heterocycles. The highest BCUT2D eigenvalue weighted by Crippen LogP contribution is 2.27. The van der Waals surface area contributed by atoms with Crippen LogP contribution in [0.4, 0.5) is 24.5 Å². The van der Waals surface area contributed by atoms with E-state index in [9.17, 15) is 18.0 Å². The fourth-order valence-electron chi connectivity index (χ4n) is 4.56. The maximum Gasteiger partial charge on any atom is 0.401 e. The molecule has 1 amide bonds. The molecule has 0 N–H and O–H groups in total. The molecule has 0 radical (unpaired) electrons. The van der Waals surface area contributed by atoms with Gasteiger partial charge in [-0.2, -0.15) is 18.4 Å². The zero-order chi connectivity index (χ0) is 27.3. The van der Waals surface area contributed by atoms with E-state index in [2.05, 4.69) is 9.88 Å². The molecule has 38 heavy (non-hydrogen) atoms. The second-order valence-electron chi connectivity index (χ2n) is 9.31. The van der Waals surface area contributed by atoms with Crippen molar-refractivity contribution in [2.45, 2.75) is 25.9 Å². The molecule has 0 atom stereocenters. The van der Waals surface area contributed by atoms with Crippen molar-refractivity contribution in [2.75, 3.05) is 62.2 Å². The number of nitriles is 1. The summed E-state index contributed by atoms with van der Waals surface area (Å²) in [4.78, 5) is 24.0. The largest absolute Gasteiger partial charge is 0.492 e. The first-order valence-electron chi connectivity index (χ1n) is 12.4. The highest BCUT2D eigenvalue weighted by molar-refractivity contribution is 7.81. The third-order valence-corrected chi connectivity index (χ3v) is 6.97. The van der Waals surface area contributed by atoms with Crippen LogP contribution in [0.1, 0.15) is 24.1 Å². The van der Waals surface area contributed by atoms with E-state index in [0.717, 1.165) is 5.69 Å². The summed E-state index contributed by atoms with van der Waals surface area (Å²) in [6.07, 6.45) is -1.71. The minimum Gasteiger partial charge on any atom is -0.492 e. The molecule has 1 aromatic heterocycles. The van der Waals surface area contributed by atoms with E-state index in [1.165, 1.54) is 16.0 Å². The van der Waals surface area contributed by atoms with Gasteiger partial charge < -0.3 is 9.64 Å². The molecule has 0 spiro atoms. The molecule has 0 saturated carbocycles. The number of alkyl halides is 3. The Morgan fingerprint density at radius 1 is 1.08 bits per heavy atom. The van der Waals surface area contributed by atoms with Gasteiger partial charge in [0.2, 0.25) is 5.91 Å². The van der Waals surface area contributed by atoms with Gasteiger partial charge in [0.05, 0.1) is 18.4 Å². The Kier molecular flexibility index (Phi) is 8.81. The van der Waals surface area contributed by atoms with Gasteiger partial charge in [0.15, 0.2) is 5.11 Å². The average molecular weight is 547 g/mol. The Morgan fingerprint density at radius 2 is 1.76 bits per heavy atom. The molecule has 0 bridgehead atoms. The van der Waals surface area contributed by atoms with Gasteiger partial charge in [-0.25, -0.2) is 4.98 Å². The number of piperazine rings is 1. The molecule has 4 rings (SSSR count). The molecule has 2 aliphatic rings. The summed E-state index contributed by atoms with van der Waals surface area (Å²) in [5.41, 5.74) is 2.32. The fraction of sp³-hybridized carbons (Fsp3) is 0.462. The van der Waals surface area contributed by atoms with Crippen LogP contribution in [0, 0.1) is 18.3 Å². The summed E-state index contributed by atoms with van der Waals surface area (Å²) < 4.78 is 43.5.